The molecule has 1 aromatic carbocycles. The van der Waals surface area contributed by atoms with Crippen LogP contribution in [-0.2, 0) is 11.2 Å². The van der Waals surface area contributed by atoms with E-state index in [-0.39, 0.29) is 5.54 Å². The second-order valence-electron chi connectivity index (χ2n) is 6.07. The Morgan fingerprint density at radius 2 is 1.74 bits per heavy atom. The fraction of sp³-hybridized carbons (Fsp3) is 0.625. The normalized spacial score (nSPS) is 11.9. The summed E-state index contributed by atoms with van der Waals surface area (Å²) >= 11 is 6.23. The van der Waals surface area contributed by atoms with Gasteiger partial charge in [-0.25, -0.2) is 0 Å². The van der Waals surface area contributed by atoms with Gasteiger partial charge in [0.2, 0.25) is 0 Å². The highest BCUT2D eigenvalue weighted by Gasteiger charge is 2.07. The molecule has 1 aromatic rings. The van der Waals surface area contributed by atoms with Crippen molar-refractivity contribution in [3.63, 3.8) is 0 Å². The summed E-state index contributed by atoms with van der Waals surface area (Å²) in [4.78, 5) is 0. The molecule has 0 aliphatic heterocycles. The third-order valence-electron chi connectivity index (χ3n) is 3.08. The van der Waals surface area contributed by atoms with Crippen LogP contribution in [0.1, 0.15) is 37.5 Å². The van der Waals surface area contributed by atoms with Gasteiger partial charge in [-0.1, -0.05) is 17.7 Å². The third-order valence-corrected chi connectivity index (χ3v) is 3.43. The lowest BCUT2D eigenvalue weighted by Crippen LogP contribution is -2.38. The molecule has 0 spiro atoms. The molecule has 0 heterocycles. The summed E-state index contributed by atoms with van der Waals surface area (Å²) in [5.74, 6) is 0. The fourth-order valence-electron chi connectivity index (χ4n) is 1.81. The number of ether oxygens (including phenoxy) is 1. The summed E-state index contributed by atoms with van der Waals surface area (Å²) in [7, 11) is 0. The van der Waals surface area contributed by atoms with Gasteiger partial charge in [-0.15, -0.1) is 0 Å². The quantitative estimate of drug-likeness (QED) is 0.800. The minimum atomic E-state index is 0.154. The summed E-state index contributed by atoms with van der Waals surface area (Å²) < 4.78 is 5.64. The zero-order chi connectivity index (χ0) is 14.5. The molecule has 108 valence electrons. The molecule has 0 aromatic heterocycles. The van der Waals surface area contributed by atoms with Gasteiger partial charge in [0, 0.05) is 17.1 Å². The molecule has 0 fully saturated rings. The molecule has 0 amide bonds. The molecule has 0 saturated carbocycles. The minimum Gasteiger partial charge on any atom is -0.380 e. The molecule has 1 rings (SSSR count). The predicted octanol–water partition coefficient (Wildman–Crippen LogP) is 3.90. The number of benzene rings is 1. The van der Waals surface area contributed by atoms with Crippen molar-refractivity contribution in [2.45, 2.75) is 46.6 Å². The van der Waals surface area contributed by atoms with Crippen LogP contribution in [0.5, 0.6) is 0 Å². The number of hydrogen-bond acceptors (Lipinski definition) is 2. The SMILES string of the molecule is Cc1cc(Cl)c(CCOCCNC(C)(C)C)cc1C. The highest BCUT2D eigenvalue weighted by molar-refractivity contribution is 6.31. The predicted molar refractivity (Wildman–Crippen MR) is 83.2 cm³/mol. The van der Waals surface area contributed by atoms with Crippen molar-refractivity contribution in [2.75, 3.05) is 19.8 Å². The molecule has 0 saturated heterocycles. The van der Waals surface area contributed by atoms with E-state index in [0.29, 0.717) is 6.61 Å². The van der Waals surface area contributed by atoms with Gasteiger partial charge in [-0.2, -0.15) is 0 Å². The van der Waals surface area contributed by atoms with Crippen LogP contribution < -0.4 is 5.32 Å². The van der Waals surface area contributed by atoms with E-state index >= 15 is 0 Å². The Kier molecular flexibility index (Phi) is 6.31. The molecule has 0 aliphatic rings. The highest BCUT2D eigenvalue weighted by atomic mass is 35.5. The number of rotatable bonds is 6. The Hall–Kier alpha value is -0.570. The van der Waals surface area contributed by atoms with Crippen molar-refractivity contribution in [1.29, 1.82) is 0 Å². The van der Waals surface area contributed by atoms with Gasteiger partial charge < -0.3 is 10.1 Å². The molecule has 0 bridgehead atoms. The second kappa shape index (κ2) is 7.28. The van der Waals surface area contributed by atoms with Gasteiger partial charge in [0.05, 0.1) is 13.2 Å². The van der Waals surface area contributed by atoms with E-state index in [4.69, 9.17) is 16.3 Å². The molecule has 0 atom stereocenters. The Labute approximate surface area is 122 Å². The van der Waals surface area contributed by atoms with Crippen LogP contribution in [-0.4, -0.2) is 25.3 Å². The van der Waals surface area contributed by atoms with E-state index in [0.717, 1.165) is 24.6 Å². The highest BCUT2D eigenvalue weighted by Crippen LogP contribution is 2.21. The molecule has 3 heteroatoms. The van der Waals surface area contributed by atoms with Gasteiger partial charge in [-0.3, -0.25) is 0 Å². The lowest BCUT2D eigenvalue weighted by molar-refractivity contribution is 0.133. The van der Waals surface area contributed by atoms with Crippen molar-refractivity contribution in [1.82, 2.24) is 5.32 Å². The molecule has 2 nitrogen and oxygen atoms in total. The lowest BCUT2D eigenvalue weighted by atomic mass is 10.0. The van der Waals surface area contributed by atoms with Crippen molar-refractivity contribution < 1.29 is 4.74 Å². The minimum absolute atomic E-state index is 0.154. The molecule has 0 unspecified atom stereocenters. The molecule has 0 radical (unpaired) electrons. The van der Waals surface area contributed by atoms with Crippen LogP contribution in [0.4, 0.5) is 0 Å². The molecular formula is C16H26ClNO. The second-order valence-corrected chi connectivity index (χ2v) is 6.47. The zero-order valence-electron chi connectivity index (χ0n) is 12.8. The van der Waals surface area contributed by atoms with E-state index < -0.39 is 0 Å². The molecule has 1 N–H and O–H groups in total. The van der Waals surface area contributed by atoms with Crippen molar-refractivity contribution in [3.8, 4) is 0 Å². The summed E-state index contributed by atoms with van der Waals surface area (Å²) in [6.07, 6.45) is 0.871. The van der Waals surface area contributed by atoms with Crippen molar-refractivity contribution in [2.24, 2.45) is 0 Å². The maximum atomic E-state index is 6.23. The van der Waals surface area contributed by atoms with Gasteiger partial charge in [0.15, 0.2) is 0 Å². The Morgan fingerprint density at radius 3 is 2.37 bits per heavy atom. The van der Waals surface area contributed by atoms with Crippen LogP contribution in [0, 0.1) is 13.8 Å². The van der Waals surface area contributed by atoms with Gasteiger partial charge in [-0.05, 0) is 63.8 Å². The van der Waals surface area contributed by atoms with Gasteiger partial charge in [0.25, 0.3) is 0 Å². The Morgan fingerprint density at radius 1 is 1.11 bits per heavy atom. The maximum absolute atomic E-state index is 6.23. The van der Waals surface area contributed by atoms with E-state index in [9.17, 15) is 0 Å². The third kappa shape index (κ3) is 6.42. The Bertz CT molecular complexity index is 410. The topological polar surface area (TPSA) is 21.3 Å². The summed E-state index contributed by atoms with van der Waals surface area (Å²) in [5, 5.41) is 4.24. The zero-order valence-corrected chi connectivity index (χ0v) is 13.5. The molecule has 19 heavy (non-hydrogen) atoms. The van der Waals surface area contributed by atoms with E-state index in [1.54, 1.807) is 0 Å². The average Bonchev–Trinajstić information content (AvgIpc) is 2.28. The summed E-state index contributed by atoms with van der Waals surface area (Å²) in [5.41, 5.74) is 3.85. The van der Waals surface area contributed by atoms with Crippen molar-refractivity contribution in [3.05, 3.63) is 33.8 Å². The average molecular weight is 284 g/mol. The van der Waals surface area contributed by atoms with Crippen LogP contribution in [0.15, 0.2) is 12.1 Å². The smallest absolute Gasteiger partial charge is 0.0591 e. The van der Waals surface area contributed by atoms with Crippen LogP contribution in [0.2, 0.25) is 5.02 Å². The number of nitrogens with one attached hydrogen (secondary N) is 1. The van der Waals surface area contributed by atoms with Crippen LogP contribution >= 0.6 is 11.6 Å². The van der Waals surface area contributed by atoms with E-state index in [1.165, 1.54) is 16.7 Å². The first-order valence-electron chi connectivity index (χ1n) is 6.88. The number of halogens is 1. The van der Waals surface area contributed by atoms with Gasteiger partial charge >= 0.3 is 0 Å². The first-order chi connectivity index (χ1) is 8.79. The standard InChI is InChI=1S/C16H26ClNO/c1-12-10-14(15(17)11-13(12)2)6-8-19-9-7-18-16(3,4)5/h10-11,18H,6-9H2,1-5H3. The first-order valence-corrected chi connectivity index (χ1v) is 7.26. The number of aryl methyl sites for hydroxylation is 2. The van der Waals surface area contributed by atoms with E-state index in [2.05, 4.69) is 46.0 Å². The summed E-state index contributed by atoms with van der Waals surface area (Å²) in [6, 6.07) is 4.20. The Balaban J connectivity index is 2.28. The molecular weight excluding hydrogens is 258 g/mol. The monoisotopic (exact) mass is 283 g/mol. The first kappa shape index (κ1) is 16.5. The fourth-order valence-corrected chi connectivity index (χ4v) is 2.13. The largest absolute Gasteiger partial charge is 0.380 e. The van der Waals surface area contributed by atoms with Gasteiger partial charge in [0.1, 0.15) is 0 Å². The van der Waals surface area contributed by atoms with E-state index in [1.807, 2.05) is 6.07 Å². The molecule has 0 aliphatic carbocycles. The lowest BCUT2D eigenvalue weighted by Gasteiger charge is -2.20. The van der Waals surface area contributed by atoms with Crippen LogP contribution in [0.25, 0.3) is 0 Å². The number of hydrogen-bond donors (Lipinski definition) is 1. The summed E-state index contributed by atoms with van der Waals surface area (Å²) in [6.45, 7) is 13.0. The van der Waals surface area contributed by atoms with Crippen LogP contribution in [0.3, 0.4) is 0 Å². The van der Waals surface area contributed by atoms with Crippen molar-refractivity contribution >= 4 is 11.6 Å². The maximum Gasteiger partial charge on any atom is 0.0591 e.